The van der Waals surface area contributed by atoms with Gasteiger partial charge in [0.1, 0.15) is 94.4 Å². The Labute approximate surface area is 808 Å². The average Bonchev–Trinajstić information content (AvgIpc) is 1.62. The van der Waals surface area contributed by atoms with E-state index in [-0.39, 0.29) is 57.1 Å². The second kappa shape index (κ2) is 44.2. The number of halogens is 14. The highest BCUT2D eigenvalue weighted by molar-refractivity contribution is 8.15. The van der Waals surface area contributed by atoms with Gasteiger partial charge in [-0.1, -0.05) is 168 Å². The number of carbonyl (C=O) groups excluding carboxylic acids is 4. The lowest BCUT2D eigenvalue weighted by Gasteiger charge is -2.25. The first-order valence-electron chi connectivity index (χ1n) is 41.6. The maximum atomic E-state index is 14.9. The normalized spacial score (nSPS) is 15.3. The molecule has 4 atom stereocenters. The minimum Gasteiger partial charge on any atom is -0.508 e. The van der Waals surface area contributed by atoms with Gasteiger partial charge in [-0.25, -0.2) is 68.3 Å². The fraction of sp³-hybridized carbons (Fsp3) is 0.137. The molecule has 38 heteroatoms. The van der Waals surface area contributed by atoms with Gasteiger partial charge < -0.3 is 38.3 Å². The minimum atomic E-state index is -5.02. The average molecular weight is 2000 g/mol. The van der Waals surface area contributed by atoms with Gasteiger partial charge in [-0.3, -0.25) is 19.2 Å². The number of aliphatic hydroxyl groups excluding tert-OH is 1. The van der Waals surface area contributed by atoms with Crippen LogP contribution in [0, 0.1) is 77.8 Å². The van der Waals surface area contributed by atoms with Crippen LogP contribution in [0.3, 0.4) is 0 Å². The number of aliphatic hydroxyl groups is 1. The summed E-state index contributed by atoms with van der Waals surface area (Å²) in [5, 5.41) is 29.2. The standard InChI is InChI=1S/C32H23F5N2O4S.C24H20F2N2O3S.C23H15F5N2O3S.C23H18F2N2O2S/c1-18(40)21-7-3-6-19(16-21)17-43-26-11-4-8-23(28(26)42-2)31-39(38-29(44-31)20-12-14-22(33)15-13-20)30(41)27-24(32(35,36)37)9-5-10-25(27)34;1-14-6-4-7-16(12-14)23(29)28-24(17-8-5-9-20(30-2)21(17)31-3)32-22(27-28)15-10-11-18(25)19(26)13-15;1-32-18-5-3-4-13(20(18)33-2)23-30(22(31)19-16(27)9-12(24)10-17(19)28)29-21(34-23)11-6-7-14(25)15(26)8-11;1-14-6-5-7-16(12-14)22(28)27-23(17-8-3-4-9-20(17)29-2)30-21(26-27)15-10-11-18(24)19(25)13-15/h3-16,31,40H,1,17H2,2H3;4-13,24H,1-3H3;3-10,23H,1-2H3;3-13,23H,1-2H3. The Kier molecular flexibility index (Phi) is 31.9. The zero-order valence-corrected chi connectivity index (χ0v) is 77.8. The summed E-state index contributed by atoms with van der Waals surface area (Å²) in [6.07, 6.45) is -5.02. The zero-order chi connectivity index (χ0) is 100. The molecule has 0 radical (unpaired) electrons. The topological polar surface area (TPSA) is 216 Å². The minimum absolute atomic E-state index is 0.0445. The molecular formula is C102H76F14N8O12S4. The van der Waals surface area contributed by atoms with Crippen LogP contribution < -0.4 is 33.2 Å². The molecule has 1 N–H and O–H groups in total. The van der Waals surface area contributed by atoms with Gasteiger partial charge in [0.25, 0.3) is 23.6 Å². The molecule has 0 bridgehead atoms. The van der Waals surface area contributed by atoms with E-state index in [4.69, 9.17) is 33.2 Å². The number of methoxy groups -OCH3 is 6. The molecule has 4 heterocycles. The summed E-state index contributed by atoms with van der Waals surface area (Å²) >= 11 is 4.45. The van der Waals surface area contributed by atoms with E-state index in [0.29, 0.717) is 107 Å². The summed E-state index contributed by atoms with van der Waals surface area (Å²) in [7, 11) is 8.73. The first-order chi connectivity index (χ1) is 67.1. The number of hydrogen-bond acceptors (Lipinski definition) is 20. The van der Waals surface area contributed by atoms with Crippen LogP contribution in [0.4, 0.5) is 61.5 Å². The number of hydrazone groups is 4. The van der Waals surface area contributed by atoms with E-state index >= 15 is 0 Å². The van der Waals surface area contributed by atoms with Gasteiger partial charge in [0, 0.05) is 73.3 Å². The van der Waals surface area contributed by atoms with Crippen molar-refractivity contribution in [1.82, 2.24) is 20.0 Å². The number of ether oxygens (including phenoxy) is 7. The van der Waals surface area contributed by atoms with Crippen molar-refractivity contribution in [2.24, 2.45) is 20.4 Å². The van der Waals surface area contributed by atoms with Gasteiger partial charge in [0.05, 0.1) is 53.8 Å². The quantitative estimate of drug-likeness (QED) is 0.0493. The molecule has 0 saturated heterocycles. The van der Waals surface area contributed by atoms with E-state index < -0.39 is 120 Å². The molecule has 0 saturated carbocycles. The molecule has 140 heavy (non-hydrogen) atoms. The largest absolute Gasteiger partial charge is 0.508 e. The molecule has 4 unspecified atom stereocenters. The first kappa shape index (κ1) is 101. The van der Waals surface area contributed by atoms with Crippen molar-refractivity contribution in [2.45, 2.75) is 48.1 Å². The van der Waals surface area contributed by atoms with Gasteiger partial charge in [0.15, 0.2) is 69.4 Å². The molecule has 718 valence electrons. The smallest absolute Gasteiger partial charge is 0.417 e. The first-order valence-corrected chi connectivity index (χ1v) is 45.1. The fourth-order valence-electron chi connectivity index (χ4n) is 14.6. The number of nitrogens with zero attached hydrogens (tertiary/aromatic N) is 8. The Morgan fingerprint density at radius 1 is 0.336 bits per heavy atom. The fourth-order valence-corrected chi connectivity index (χ4v) is 19.3. The van der Waals surface area contributed by atoms with Crippen molar-refractivity contribution in [3.05, 3.63) is 426 Å². The van der Waals surface area contributed by atoms with Crippen LogP contribution in [0.25, 0.3) is 5.76 Å². The van der Waals surface area contributed by atoms with E-state index in [0.717, 1.165) is 98.8 Å². The number of hydrogen-bond donors (Lipinski definition) is 1. The van der Waals surface area contributed by atoms with Crippen molar-refractivity contribution in [1.29, 1.82) is 0 Å². The molecule has 13 aromatic rings. The van der Waals surface area contributed by atoms with Crippen molar-refractivity contribution < 1.29 is 119 Å². The van der Waals surface area contributed by atoms with Crippen molar-refractivity contribution >= 4 is 96.6 Å². The molecule has 4 aliphatic heterocycles. The highest BCUT2D eigenvalue weighted by Crippen LogP contribution is 2.53. The molecule has 17 rings (SSSR count). The Balaban J connectivity index is 0.000000150. The third kappa shape index (κ3) is 22.4. The maximum absolute atomic E-state index is 14.9. The third-order valence-corrected chi connectivity index (χ3v) is 26.1. The molecule has 20 nitrogen and oxygen atoms in total. The van der Waals surface area contributed by atoms with Gasteiger partial charge >= 0.3 is 6.18 Å². The molecular weight excluding hydrogens is 1920 g/mol. The third-order valence-electron chi connectivity index (χ3n) is 21.2. The molecule has 0 aromatic heterocycles. The number of carbonyl (C=O) groups is 4. The van der Waals surface area contributed by atoms with Crippen LogP contribution >= 0.6 is 47.0 Å². The molecule has 0 fully saturated rings. The number of thioether (sulfide) groups is 4. The van der Waals surface area contributed by atoms with Crippen LogP contribution in [0.1, 0.15) is 135 Å². The van der Waals surface area contributed by atoms with E-state index in [1.807, 2.05) is 56.3 Å². The van der Waals surface area contributed by atoms with Crippen LogP contribution in [0.15, 0.2) is 288 Å². The van der Waals surface area contributed by atoms with Gasteiger partial charge in [-0.05, 0) is 165 Å². The monoisotopic (exact) mass is 2000 g/mol. The highest BCUT2D eigenvalue weighted by Gasteiger charge is 2.46. The SMILES string of the molecule is C=C(O)c1cccc(COc2cccc(C3SC(c4ccc(F)cc4)=NN3C(=O)c3c(F)cccc3C(F)(F)F)c2OC)c1.COc1cccc(C2SC(c3ccc(F)c(F)c3)=NN2C(=O)c2c(F)cc(F)cc2F)c1OC.COc1cccc(C2SC(c3ccc(F)c(F)c3)=NN2C(=O)c2cccc(C)c2)c1OC.COc1ccccc1C1SC(c2ccc(F)c(F)c2)=NN1C(=O)c1cccc(C)c1. The maximum Gasteiger partial charge on any atom is 0.417 e. The van der Waals surface area contributed by atoms with Gasteiger partial charge in [-0.15, -0.1) is 0 Å². The lowest BCUT2D eigenvalue weighted by molar-refractivity contribution is -0.138. The lowest BCUT2D eigenvalue weighted by atomic mass is 10.0. The summed E-state index contributed by atoms with van der Waals surface area (Å²) in [4.78, 5) is 53.7. The molecule has 4 aliphatic rings. The number of aryl methyl sites for hydroxylation is 2. The van der Waals surface area contributed by atoms with Crippen LogP contribution in [-0.4, -0.2) is 112 Å². The van der Waals surface area contributed by atoms with Crippen molar-refractivity contribution in [2.75, 3.05) is 42.7 Å². The Morgan fingerprint density at radius 2 is 0.693 bits per heavy atom. The predicted molar refractivity (Wildman–Crippen MR) is 505 cm³/mol. The van der Waals surface area contributed by atoms with Crippen molar-refractivity contribution in [3.63, 3.8) is 0 Å². The van der Waals surface area contributed by atoms with E-state index in [9.17, 15) is 85.8 Å². The van der Waals surface area contributed by atoms with Crippen LogP contribution in [-0.2, 0) is 12.8 Å². The summed E-state index contributed by atoms with van der Waals surface area (Å²) in [5.74, 6) is -12.7. The predicted octanol–water partition coefficient (Wildman–Crippen LogP) is 25.1. The molecule has 0 spiro atoms. The Morgan fingerprint density at radius 3 is 1.11 bits per heavy atom. The Hall–Kier alpha value is -15.0. The molecule has 13 aromatic carbocycles. The van der Waals surface area contributed by atoms with E-state index in [2.05, 4.69) is 27.0 Å². The summed E-state index contributed by atoms with van der Waals surface area (Å²) in [6, 6.07) is 61.9. The number of para-hydroxylation sites is 4. The number of benzene rings is 13. The van der Waals surface area contributed by atoms with Gasteiger partial charge in [0.2, 0.25) is 0 Å². The zero-order valence-electron chi connectivity index (χ0n) is 74.5. The highest BCUT2D eigenvalue weighted by atomic mass is 32.2. The van der Waals surface area contributed by atoms with Crippen LogP contribution in [0.5, 0.6) is 40.2 Å². The Bertz CT molecular complexity index is 7060. The van der Waals surface area contributed by atoms with E-state index in [1.54, 1.807) is 116 Å². The number of alkyl halides is 3. The van der Waals surface area contributed by atoms with Gasteiger partial charge in [-0.2, -0.15) is 33.6 Å². The molecule has 4 amide bonds. The lowest BCUT2D eigenvalue weighted by Crippen LogP contribution is -2.29. The summed E-state index contributed by atoms with van der Waals surface area (Å²) in [6.45, 7) is 7.36. The van der Waals surface area contributed by atoms with E-state index in [1.165, 1.54) is 112 Å². The van der Waals surface area contributed by atoms with Crippen LogP contribution in [0.2, 0.25) is 0 Å². The molecule has 0 aliphatic carbocycles. The summed E-state index contributed by atoms with van der Waals surface area (Å²) in [5.41, 5.74) is 3.74. The van der Waals surface area contributed by atoms with Crippen molar-refractivity contribution in [3.8, 4) is 40.2 Å². The summed E-state index contributed by atoms with van der Waals surface area (Å²) < 4.78 is 233. The second-order valence-electron chi connectivity index (χ2n) is 30.4. The number of rotatable bonds is 22. The second-order valence-corrected chi connectivity index (χ2v) is 34.6. The number of amides is 4.